The van der Waals surface area contributed by atoms with Gasteiger partial charge in [-0.3, -0.25) is 4.90 Å². The van der Waals surface area contributed by atoms with Gasteiger partial charge in [0.2, 0.25) is 0 Å². The maximum atomic E-state index is 9.67. The van der Waals surface area contributed by atoms with Crippen molar-refractivity contribution in [2.45, 2.75) is 58.5 Å². The summed E-state index contributed by atoms with van der Waals surface area (Å²) >= 11 is 0. The van der Waals surface area contributed by atoms with E-state index in [1.165, 1.54) is 25.7 Å². The van der Waals surface area contributed by atoms with E-state index in [0.717, 1.165) is 25.6 Å². The molecule has 3 N–H and O–H groups in total. The quantitative estimate of drug-likeness (QED) is 0.813. The molecule has 0 aromatic rings. The fourth-order valence-electron chi connectivity index (χ4n) is 4.15. The van der Waals surface area contributed by atoms with Gasteiger partial charge >= 0.3 is 0 Å². The molecule has 4 nitrogen and oxygen atoms in total. The summed E-state index contributed by atoms with van der Waals surface area (Å²) in [6.07, 6.45) is 4.97. The highest BCUT2D eigenvalue weighted by molar-refractivity contribution is 4.94. The van der Waals surface area contributed by atoms with Gasteiger partial charge in [0.1, 0.15) is 0 Å². The Labute approximate surface area is 130 Å². The van der Waals surface area contributed by atoms with Crippen molar-refractivity contribution in [1.82, 2.24) is 4.90 Å². The fourth-order valence-corrected chi connectivity index (χ4v) is 4.15. The van der Waals surface area contributed by atoms with Gasteiger partial charge in [0.25, 0.3) is 0 Å². The molecule has 0 amide bonds. The minimum absolute atomic E-state index is 0.154. The zero-order chi connectivity index (χ0) is 15.5. The van der Waals surface area contributed by atoms with Gasteiger partial charge in [-0.05, 0) is 43.1 Å². The third-order valence-corrected chi connectivity index (χ3v) is 6.19. The third kappa shape index (κ3) is 3.79. The van der Waals surface area contributed by atoms with E-state index in [-0.39, 0.29) is 12.6 Å². The van der Waals surface area contributed by atoms with Gasteiger partial charge in [0.15, 0.2) is 0 Å². The average Bonchev–Trinajstić information content (AvgIpc) is 2.54. The average molecular weight is 298 g/mol. The molecule has 1 aliphatic carbocycles. The van der Waals surface area contributed by atoms with Gasteiger partial charge in [-0.25, -0.2) is 0 Å². The minimum Gasteiger partial charge on any atom is -0.395 e. The Morgan fingerprint density at radius 2 is 2.10 bits per heavy atom. The minimum atomic E-state index is 0.154. The maximum Gasteiger partial charge on any atom is 0.0644 e. The molecule has 2 aliphatic rings. The van der Waals surface area contributed by atoms with Crippen LogP contribution in [-0.4, -0.2) is 55.0 Å². The van der Waals surface area contributed by atoms with E-state index >= 15 is 0 Å². The molecule has 1 saturated carbocycles. The van der Waals surface area contributed by atoms with Gasteiger partial charge in [-0.1, -0.05) is 27.2 Å². The molecule has 1 saturated heterocycles. The summed E-state index contributed by atoms with van der Waals surface area (Å²) < 4.78 is 5.55. The number of aliphatic hydroxyl groups is 1. The lowest BCUT2D eigenvalue weighted by Crippen LogP contribution is -2.57. The van der Waals surface area contributed by atoms with Crippen molar-refractivity contribution in [1.29, 1.82) is 0 Å². The highest BCUT2D eigenvalue weighted by atomic mass is 16.5. The first kappa shape index (κ1) is 17.2. The Kier molecular flexibility index (Phi) is 6.06. The van der Waals surface area contributed by atoms with E-state index in [1.807, 2.05) is 0 Å². The Bertz CT molecular complexity index is 322. The fraction of sp³-hybridized carbons (Fsp3) is 1.00. The first-order valence-electron chi connectivity index (χ1n) is 8.67. The number of hydrogen-bond donors (Lipinski definition) is 2. The van der Waals surface area contributed by atoms with Crippen LogP contribution in [0.4, 0.5) is 0 Å². The SMILES string of the molecule is CCC(C)(C)C1CCC(CN)C(N2CCOCC2CO)C1. The van der Waals surface area contributed by atoms with Crippen LogP contribution in [0.3, 0.4) is 0 Å². The highest BCUT2D eigenvalue weighted by Gasteiger charge is 2.41. The summed E-state index contributed by atoms with van der Waals surface area (Å²) in [7, 11) is 0. The van der Waals surface area contributed by atoms with Gasteiger partial charge in [-0.2, -0.15) is 0 Å². The number of ether oxygens (including phenoxy) is 1. The van der Waals surface area contributed by atoms with E-state index < -0.39 is 0 Å². The van der Waals surface area contributed by atoms with Crippen LogP contribution < -0.4 is 5.73 Å². The normalized spacial score (nSPS) is 35.9. The molecule has 124 valence electrons. The lowest BCUT2D eigenvalue weighted by atomic mass is 9.65. The van der Waals surface area contributed by atoms with Crippen LogP contribution in [0.25, 0.3) is 0 Å². The Hall–Kier alpha value is -0.160. The maximum absolute atomic E-state index is 9.67. The summed E-state index contributed by atoms with van der Waals surface area (Å²) in [4.78, 5) is 2.50. The van der Waals surface area contributed by atoms with Crippen molar-refractivity contribution in [2.75, 3.05) is 32.9 Å². The topological polar surface area (TPSA) is 58.7 Å². The predicted molar refractivity (Wildman–Crippen MR) is 86.1 cm³/mol. The summed E-state index contributed by atoms with van der Waals surface area (Å²) in [5, 5.41) is 9.67. The van der Waals surface area contributed by atoms with Crippen molar-refractivity contribution in [3.05, 3.63) is 0 Å². The molecule has 4 heteroatoms. The highest BCUT2D eigenvalue weighted by Crippen LogP contribution is 2.43. The van der Waals surface area contributed by atoms with Gasteiger partial charge in [0.05, 0.1) is 25.9 Å². The van der Waals surface area contributed by atoms with Crippen LogP contribution in [0.2, 0.25) is 0 Å². The largest absolute Gasteiger partial charge is 0.395 e. The van der Waals surface area contributed by atoms with Crippen molar-refractivity contribution < 1.29 is 9.84 Å². The molecule has 0 radical (unpaired) electrons. The Morgan fingerprint density at radius 1 is 1.33 bits per heavy atom. The number of morpholine rings is 1. The molecule has 1 aliphatic heterocycles. The summed E-state index contributed by atoms with van der Waals surface area (Å²) in [5.41, 5.74) is 6.46. The number of hydrogen-bond acceptors (Lipinski definition) is 4. The molecule has 0 aromatic carbocycles. The number of rotatable bonds is 5. The van der Waals surface area contributed by atoms with E-state index in [1.54, 1.807) is 0 Å². The van der Waals surface area contributed by atoms with Gasteiger partial charge in [-0.15, -0.1) is 0 Å². The van der Waals surface area contributed by atoms with Crippen molar-refractivity contribution in [2.24, 2.45) is 23.0 Å². The zero-order valence-electron chi connectivity index (χ0n) is 14.1. The van der Waals surface area contributed by atoms with Crippen LogP contribution in [0.1, 0.15) is 46.5 Å². The second-order valence-electron chi connectivity index (χ2n) is 7.56. The lowest BCUT2D eigenvalue weighted by molar-refractivity contribution is -0.0761. The van der Waals surface area contributed by atoms with Crippen LogP contribution in [0.15, 0.2) is 0 Å². The molecule has 4 atom stereocenters. The van der Waals surface area contributed by atoms with Crippen LogP contribution in [-0.2, 0) is 4.74 Å². The van der Waals surface area contributed by atoms with E-state index in [4.69, 9.17) is 10.5 Å². The van der Waals surface area contributed by atoms with Crippen LogP contribution in [0, 0.1) is 17.3 Å². The summed E-state index contributed by atoms with van der Waals surface area (Å²) in [5.74, 6) is 1.33. The molecule has 4 unspecified atom stereocenters. The molecule has 1 heterocycles. The monoisotopic (exact) mass is 298 g/mol. The first-order chi connectivity index (χ1) is 10.0. The Balaban J connectivity index is 2.12. The molecule has 0 bridgehead atoms. The molecular formula is C17H34N2O2. The second kappa shape index (κ2) is 7.40. The van der Waals surface area contributed by atoms with E-state index in [0.29, 0.717) is 24.0 Å². The van der Waals surface area contributed by atoms with Crippen molar-refractivity contribution >= 4 is 0 Å². The zero-order valence-corrected chi connectivity index (χ0v) is 14.1. The van der Waals surface area contributed by atoms with Gasteiger partial charge in [0, 0.05) is 12.6 Å². The van der Waals surface area contributed by atoms with Crippen molar-refractivity contribution in [3.8, 4) is 0 Å². The second-order valence-corrected chi connectivity index (χ2v) is 7.56. The van der Waals surface area contributed by atoms with E-state index in [2.05, 4.69) is 25.7 Å². The molecule has 2 rings (SSSR count). The molecule has 21 heavy (non-hydrogen) atoms. The van der Waals surface area contributed by atoms with Crippen LogP contribution >= 0.6 is 0 Å². The van der Waals surface area contributed by atoms with Crippen LogP contribution in [0.5, 0.6) is 0 Å². The van der Waals surface area contributed by atoms with Crippen molar-refractivity contribution in [3.63, 3.8) is 0 Å². The first-order valence-corrected chi connectivity index (χ1v) is 8.67. The molecule has 0 spiro atoms. The summed E-state index contributed by atoms with van der Waals surface area (Å²) in [6, 6.07) is 0.668. The third-order valence-electron chi connectivity index (χ3n) is 6.19. The van der Waals surface area contributed by atoms with Gasteiger partial charge < -0.3 is 15.6 Å². The summed E-state index contributed by atoms with van der Waals surface area (Å²) in [6.45, 7) is 10.4. The number of nitrogens with zero attached hydrogens (tertiary/aromatic N) is 1. The number of aliphatic hydroxyl groups excluding tert-OH is 1. The molecule has 0 aromatic heterocycles. The standard InChI is InChI=1S/C17H34N2O2/c1-4-17(2,3)14-6-5-13(10-18)16(9-14)19-7-8-21-12-15(19)11-20/h13-16,20H,4-12,18H2,1-3H3. The molecular weight excluding hydrogens is 264 g/mol. The van der Waals surface area contributed by atoms with E-state index in [9.17, 15) is 5.11 Å². The molecule has 2 fully saturated rings. The number of nitrogens with two attached hydrogens (primary N) is 1. The Morgan fingerprint density at radius 3 is 2.71 bits per heavy atom. The smallest absolute Gasteiger partial charge is 0.0644 e. The lowest BCUT2D eigenvalue weighted by Gasteiger charge is -2.50. The predicted octanol–water partition coefficient (Wildman–Crippen LogP) is 1.86.